The summed E-state index contributed by atoms with van der Waals surface area (Å²) in [5, 5.41) is 25.0. The first-order valence-corrected chi connectivity index (χ1v) is 12.5. The number of benzene rings is 1. The van der Waals surface area contributed by atoms with Crippen molar-refractivity contribution in [3.8, 4) is 5.75 Å². The molecule has 3 N–H and O–H groups in total. The molecule has 194 valence electrons. The van der Waals surface area contributed by atoms with E-state index in [2.05, 4.69) is 32.2 Å². The molecule has 1 saturated heterocycles. The molecule has 10 heteroatoms. The third-order valence-electron chi connectivity index (χ3n) is 6.48. The van der Waals surface area contributed by atoms with Gasteiger partial charge < -0.3 is 29.7 Å². The Labute approximate surface area is 207 Å². The Bertz CT molecular complexity index is 929. The van der Waals surface area contributed by atoms with E-state index in [1.54, 1.807) is 12.1 Å². The van der Waals surface area contributed by atoms with E-state index in [0.717, 1.165) is 56.6 Å². The quantitative estimate of drug-likeness (QED) is 0.362. The van der Waals surface area contributed by atoms with Crippen molar-refractivity contribution in [3.05, 3.63) is 35.2 Å². The maximum Gasteiger partial charge on any atom is 0.266 e. The normalized spacial score (nSPS) is 15.4. The number of carbonyl (C=O) groups is 1. The molecule has 10 nitrogen and oxygen atoms in total. The Morgan fingerprint density at radius 1 is 1.37 bits per heavy atom. The fraction of sp³-hybridized carbons (Fsp3) is 0.640. The SMILES string of the molecule is CCN(C)Cc1nc(N2CCC(CCCOc3ccc(C(=O)NC[C@H](O)CO)c(C)c3)CC2)no1. The molecule has 0 aliphatic carbocycles. The van der Waals surface area contributed by atoms with Gasteiger partial charge in [0.2, 0.25) is 5.89 Å². The third kappa shape index (κ3) is 8.19. The lowest BCUT2D eigenvalue weighted by molar-refractivity contribution is 0.0801. The van der Waals surface area contributed by atoms with Gasteiger partial charge in [0.05, 0.1) is 25.9 Å². The van der Waals surface area contributed by atoms with Crippen LogP contribution in [0.5, 0.6) is 5.75 Å². The van der Waals surface area contributed by atoms with Crippen LogP contribution in [0.2, 0.25) is 0 Å². The highest BCUT2D eigenvalue weighted by Gasteiger charge is 2.22. The minimum atomic E-state index is -0.959. The van der Waals surface area contributed by atoms with E-state index in [1.807, 2.05) is 20.0 Å². The fourth-order valence-electron chi connectivity index (χ4n) is 4.12. The average molecular weight is 490 g/mol. The second-order valence-corrected chi connectivity index (χ2v) is 9.26. The molecular formula is C25H39N5O5. The molecule has 1 aromatic heterocycles. The molecule has 2 aromatic rings. The van der Waals surface area contributed by atoms with Crippen LogP contribution in [0.1, 0.15) is 54.4 Å². The molecular weight excluding hydrogens is 450 g/mol. The van der Waals surface area contributed by atoms with Crippen molar-refractivity contribution in [1.29, 1.82) is 0 Å². The molecule has 1 aliphatic rings. The van der Waals surface area contributed by atoms with Crippen LogP contribution in [0.3, 0.4) is 0 Å². The zero-order valence-electron chi connectivity index (χ0n) is 21.1. The van der Waals surface area contributed by atoms with Crippen LogP contribution in [0.4, 0.5) is 5.95 Å². The number of anilines is 1. The number of carbonyl (C=O) groups excluding carboxylic acids is 1. The van der Waals surface area contributed by atoms with Gasteiger partial charge in [-0.2, -0.15) is 4.98 Å². The largest absolute Gasteiger partial charge is 0.494 e. The van der Waals surface area contributed by atoms with Gasteiger partial charge in [-0.15, -0.1) is 0 Å². The first kappa shape index (κ1) is 26.9. The zero-order chi connectivity index (χ0) is 25.2. The fourth-order valence-corrected chi connectivity index (χ4v) is 4.12. The summed E-state index contributed by atoms with van der Waals surface area (Å²) >= 11 is 0. The number of ether oxygens (including phenoxy) is 1. The van der Waals surface area contributed by atoms with E-state index in [9.17, 15) is 9.90 Å². The summed E-state index contributed by atoms with van der Waals surface area (Å²) in [6.45, 7) is 7.69. The van der Waals surface area contributed by atoms with Gasteiger partial charge in [0.25, 0.3) is 11.9 Å². The van der Waals surface area contributed by atoms with Crippen molar-refractivity contribution < 1.29 is 24.3 Å². The number of hydrogen-bond acceptors (Lipinski definition) is 9. The third-order valence-corrected chi connectivity index (χ3v) is 6.48. The molecule has 2 heterocycles. The number of aliphatic hydroxyl groups is 2. The van der Waals surface area contributed by atoms with Crippen LogP contribution in [0.15, 0.2) is 22.7 Å². The van der Waals surface area contributed by atoms with E-state index in [1.165, 1.54) is 0 Å². The van der Waals surface area contributed by atoms with Gasteiger partial charge in [-0.05, 0) is 81.0 Å². The number of aliphatic hydroxyl groups excluding tert-OH is 2. The zero-order valence-corrected chi connectivity index (χ0v) is 21.1. The lowest BCUT2D eigenvalue weighted by atomic mass is 9.92. The summed E-state index contributed by atoms with van der Waals surface area (Å²) < 4.78 is 11.3. The van der Waals surface area contributed by atoms with Crippen molar-refractivity contribution in [2.45, 2.75) is 52.2 Å². The van der Waals surface area contributed by atoms with E-state index >= 15 is 0 Å². The molecule has 1 fully saturated rings. The van der Waals surface area contributed by atoms with Gasteiger partial charge in [-0.1, -0.05) is 6.92 Å². The number of nitrogens with zero attached hydrogens (tertiary/aromatic N) is 4. The molecule has 1 aromatic carbocycles. The Balaban J connectivity index is 1.35. The molecule has 1 atom stereocenters. The average Bonchev–Trinajstić information content (AvgIpc) is 3.33. The van der Waals surface area contributed by atoms with Crippen molar-refractivity contribution in [3.63, 3.8) is 0 Å². The minimum Gasteiger partial charge on any atom is -0.494 e. The number of amides is 1. The molecule has 0 bridgehead atoms. The maximum absolute atomic E-state index is 12.2. The highest BCUT2D eigenvalue weighted by atomic mass is 16.5. The number of aryl methyl sites for hydroxylation is 1. The number of rotatable bonds is 13. The van der Waals surface area contributed by atoms with Crippen LogP contribution in [0.25, 0.3) is 0 Å². The Kier molecular flexibility index (Phi) is 10.3. The van der Waals surface area contributed by atoms with Crippen molar-refractivity contribution in [1.82, 2.24) is 20.4 Å². The maximum atomic E-state index is 12.2. The van der Waals surface area contributed by atoms with Gasteiger partial charge in [-0.25, -0.2) is 0 Å². The van der Waals surface area contributed by atoms with Crippen LogP contribution in [-0.4, -0.2) is 83.7 Å². The summed E-state index contributed by atoms with van der Waals surface area (Å²) in [5.74, 6) is 2.48. The van der Waals surface area contributed by atoms with Gasteiger partial charge >= 0.3 is 0 Å². The van der Waals surface area contributed by atoms with Gasteiger partial charge in [0, 0.05) is 25.2 Å². The van der Waals surface area contributed by atoms with E-state index in [4.69, 9.17) is 14.4 Å². The Morgan fingerprint density at radius 3 is 2.83 bits per heavy atom. The lowest BCUT2D eigenvalue weighted by Gasteiger charge is -2.30. The Morgan fingerprint density at radius 2 is 2.14 bits per heavy atom. The summed E-state index contributed by atoms with van der Waals surface area (Å²) in [5.41, 5.74) is 1.33. The standard InChI is InChI=1S/C25H39N5O5/c1-4-29(3)16-23-27-25(28-35-23)30-11-9-19(10-12-30)6-5-13-34-21-7-8-22(18(2)14-21)24(33)26-15-20(32)17-31/h7-8,14,19-20,31-32H,4-6,9-13,15-17H2,1-3H3,(H,26,33)/t20-/m0/s1. The molecule has 1 aliphatic heterocycles. The summed E-state index contributed by atoms with van der Waals surface area (Å²) in [4.78, 5) is 21.1. The number of piperidine rings is 1. The highest BCUT2D eigenvalue weighted by Crippen LogP contribution is 2.25. The summed E-state index contributed by atoms with van der Waals surface area (Å²) in [6, 6.07) is 5.37. The van der Waals surface area contributed by atoms with Crippen molar-refractivity contribution >= 4 is 11.9 Å². The van der Waals surface area contributed by atoms with Crippen molar-refractivity contribution in [2.24, 2.45) is 5.92 Å². The molecule has 0 radical (unpaired) electrons. The van der Waals surface area contributed by atoms with E-state index in [0.29, 0.717) is 36.5 Å². The number of aromatic nitrogens is 2. The van der Waals surface area contributed by atoms with E-state index < -0.39 is 6.10 Å². The first-order chi connectivity index (χ1) is 16.9. The topological polar surface area (TPSA) is 124 Å². The van der Waals surface area contributed by atoms with Crippen LogP contribution in [-0.2, 0) is 6.54 Å². The van der Waals surface area contributed by atoms with Gasteiger partial charge in [0.1, 0.15) is 5.75 Å². The monoisotopic (exact) mass is 489 g/mol. The second-order valence-electron chi connectivity index (χ2n) is 9.26. The van der Waals surface area contributed by atoms with Gasteiger partial charge in [0.15, 0.2) is 0 Å². The number of nitrogens with one attached hydrogen (secondary N) is 1. The Hall–Kier alpha value is -2.69. The molecule has 0 spiro atoms. The molecule has 3 rings (SSSR count). The molecule has 1 amide bonds. The second kappa shape index (κ2) is 13.4. The summed E-state index contributed by atoms with van der Waals surface area (Å²) in [6.07, 6.45) is 3.33. The molecule has 0 unspecified atom stereocenters. The minimum absolute atomic E-state index is 0.0125. The molecule has 0 saturated carbocycles. The van der Waals surface area contributed by atoms with Gasteiger partial charge in [-0.3, -0.25) is 9.69 Å². The first-order valence-electron chi connectivity index (χ1n) is 12.5. The van der Waals surface area contributed by atoms with Crippen molar-refractivity contribution in [2.75, 3.05) is 51.3 Å². The molecule has 35 heavy (non-hydrogen) atoms. The highest BCUT2D eigenvalue weighted by molar-refractivity contribution is 5.95. The predicted molar refractivity (Wildman–Crippen MR) is 133 cm³/mol. The number of hydrogen-bond donors (Lipinski definition) is 3. The summed E-state index contributed by atoms with van der Waals surface area (Å²) in [7, 11) is 2.03. The van der Waals surface area contributed by atoms with Crippen LogP contribution in [0, 0.1) is 12.8 Å². The van der Waals surface area contributed by atoms with Crippen LogP contribution < -0.4 is 15.0 Å². The van der Waals surface area contributed by atoms with Crippen LogP contribution >= 0.6 is 0 Å². The lowest BCUT2D eigenvalue weighted by Crippen LogP contribution is -2.34. The van der Waals surface area contributed by atoms with E-state index in [-0.39, 0.29) is 19.1 Å². The predicted octanol–water partition coefficient (Wildman–Crippen LogP) is 1.99. The smallest absolute Gasteiger partial charge is 0.266 e.